The first-order valence-corrected chi connectivity index (χ1v) is 5.33. The zero-order valence-electron chi connectivity index (χ0n) is 9.30. The van der Waals surface area contributed by atoms with Crippen molar-refractivity contribution in [1.82, 2.24) is 0 Å². The lowest BCUT2D eigenvalue weighted by Crippen LogP contribution is -2.54. The Morgan fingerprint density at radius 1 is 1.17 bits per heavy atom. The Morgan fingerprint density at radius 3 is 2.08 bits per heavy atom. The molecule has 0 bridgehead atoms. The highest BCUT2D eigenvalue weighted by Crippen LogP contribution is 2.32. The van der Waals surface area contributed by atoms with Crippen LogP contribution in [0.15, 0.2) is 0 Å². The van der Waals surface area contributed by atoms with Gasteiger partial charge in [-0.3, -0.25) is 0 Å². The van der Waals surface area contributed by atoms with E-state index in [0.717, 1.165) is 18.0 Å². The fraction of sp³-hybridized carbons (Fsp3) is 1.00. The van der Waals surface area contributed by atoms with E-state index in [1.54, 1.807) is 0 Å². The van der Waals surface area contributed by atoms with Gasteiger partial charge in [0.05, 0.1) is 25.7 Å². The van der Waals surface area contributed by atoms with Crippen LogP contribution in [0.1, 0.15) is 40.5 Å². The third-order valence-electron chi connectivity index (χ3n) is 3.85. The molecule has 0 aromatic heterocycles. The summed E-state index contributed by atoms with van der Waals surface area (Å²) in [7, 11) is 2.43. The number of hydrogen-bond donors (Lipinski definition) is 0. The zero-order chi connectivity index (χ0) is 9.35. The largest absolute Gasteiger partial charge is 0.321 e. The molecule has 0 saturated carbocycles. The summed E-state index contributed by atoms with van der Waals surface area (Å²) < 4.78 is 1.30. The zero-order valence-corrected chi connectivity index (χ0v) is 9.30. The molecule has 1 heterocycles. The van der Waals surface area contributed by atoms with Crippen LogP contribution in [0.4, 0.5) is 0 Å². The predicted molar refractivity (Wildman–Crippen MR) is 54.0 cm³/mol. The molecule has 0 amide bonds. The minimum absolute atomic E-state index is 0.792. The number of nitrogens with zero attached hydrogens (tertiary/aromatic N) is 1. The Hall–Kier alpha value is -0.0400. The number of hydrogen-bond acceptors (Lipinski definition) is 0. The van der Waals surface area contributed by atoms with Gasteiger partial charge >= 0.3 is 0 Å². The van der Waals surface area contributed by atoms with Gasteiger partial charge < -0.3 is 4.48 Å². The molecule has 12 heavy (non-hydrogen) atoms. The summed E-state index contributed by atoms with van der Waals surface area (Å²) in [5.74, 6) is 0.847. The van der Waals surface area contributed by atoms with Gasteiger partial charge in [-0.15, -0.1) is 0 Å². The molecule has 1 aliphatic rings. The van der Waals surface area contributed by atoms with Gasteiger partial charge in [-0.05, 0) is 13.8 Å². The molecular formula is C11H24N+. The molecule has 0 aliphatic carbocycles. The molecule has 1 fully saturated rings. The minimum Gasteiger partial charge on any atom is -0.321 e. The van der Waals surface area contributed by atoms with Crippen molar-refractivity contribution in [3.8, 4) is 0 Å². The summed E-state index contributed by atoms with van der Waals surface area (Å²) in [6.07, 6.45) is 2.86. The van der Waals surface area contributed by atoms with Crippen LogP contribution < -0.4 is 0 Å². The van der Waals surface area contributed by atoms with Crippen molar-refractivity contribution in [2.45, 2.75) is 52.6 Å². The molecule has 0 N–H and O–H groups in total. The summed E-state index contributed by atoms with van der Waals surface area (Å²) >= 11 is 0. The molecule has 0 spiro atoms. The van der Waals surface area contributed by atoms with Gasteiger partial charge in [-0.25, -0.2) is 0 Å². The van der Waals surface area contributed by atoms with Crippen LogP contribution in [0, 0.1) is 5.92 Å². The minimum atomic E-state index is 0.792. The van der Waals surface area contributed by atoms with E-state index in [-0.39, 0.29) is 0 Å². The van der Waals surface area contributed by atoms with Crippen LogP contribution in [0.2, 0.25) is 0 Å². The average Bonchev–Trinajstić information content (AvgIpc) is 2.32. The second-order valence-electron chi connectivity index (χ2n) is 5.12. The molecule has 1 saturated heterocycles. The molecule has 1 rings (SSSR count). The molecule has 2 atom stereocenters. The number of rotatable bonds is 2. The summed E-state index contributed by atoms with van der Waals surface area (Å²) in [6.45, 7) is 10.9. The molecule has 0 radical (unpaired) electrons. The van der Waals surface area contributed by atoms with Crippen molar-refractivity contribution in [3.63, 3.8) is 0 Å². The van der Waals surface area contributed by atoms with Crippen molar-refractivity contribution >= 4 is 0 Å². The molecular weight excluding hydrogens is 146 g/mol. The van der Waals surface area contributed by atoms with Crippen LogP contribution in [0.3, 0.4) is 0 Å². The van der Waals surface area contributed by atoms with Crippen molar-refractivity contribution in [1.29, 1.82) is 0 Å². The Bertz CT molecular complexity index is 151. The average molecular weight is 170 g/mol. The molecule has 1 nitrogen and oxygen atoms in total. The standard InChI is InChI=1S/C11H24N/c1-9(2)11-7-6-8-12(11,5)10(3)4/h9-11H,6-8H2,1-5H3/q+1. The lowest BCUT2D eigenvalue weighted by Gasteiger charge is -2.42. The lowest BCUT2D eigenvalue weighted by molar-refractivity contribution is -0.944. The second-order valence-corrected chi connectivity index (χ2v) is 5.12. The van der Waals surface area contributed by atoms with Crippen LogP contribution in [0.5, 0.6) is 0 Å². The van der Waals surface area contributed by atoms with Crippen molar-refractivity contribution < 1.29 is 4.48 Å². The van der Waals surface area contributed by atoms with Crippen molar-refractivity contribution in [2.24, 2.45) is 5.92 Å². The van der Waals surface area contributed by atoms with E-state index in [2.05, 4.69) is 34.7 Å². The van der Waals surface area contributed by atoms with E-state index in [1.165, 1.54) is 23.9 Å². The Kier molecular flexibility index (Phi) is 2.82. The van der Waals surface area contributed by atoms with Gasteiger partial charge in [0.1, 0.15) is 0 Å². The van der Waals surface area contributed by atoms with Crippen LogP contribution in [-0.4, -0.2) is 30.2 Å². The monoisotopic (exact) mass is 170 g/mol. The Balaban J connectivity index is 2.74. The number of quaternary nitrogens is 1. The maximum absolute atomic E-state index is 2.43. The molecule has 1 aliphatic heterocycles. The fourth-order valence-corrected chi connectivity index (χ4v) is 2.76. The third-order valence-corrected chi connectivity index (χ3v) is 3.85. The van der Waals surface area contributed by atoms with Crippen LogP contribution >= 0.6 is 0 Å². The molecule has 1 heteroatoms. The molecule has 72 valence electrons. The number of likely N-dealkylation sites (tertiary alicyclic amines) is 1. The smallest absolute Gasteiger partial charge is 0.0915 e. The van der Waals surface area contributed by atoms with Crippen molar-refractivity contribution in [2.75, 3.05) is 13.6 Å². The molecule has 0 aromatic carbocycles. The highest BCUT2D eigenvalue weighted by atomic mass is 15.4. The van der Waals surface area contributed by atoms with Gasteiger partial charge in [-0.1, -0.05) is 13.8 Å². The van der Waals surface area contributed by atoms with Crippen LogP contribution in [-0.2, 0) is 0 Å². The maximum atomic E-state index is 2.43. The van der Waals surface area contributed by atoms with Crippen LogP contribution in [0.25, 0.3) is 0 Å². The first-order valence-electron chi connectivity index (χ1n) is 5.33. The topological polar surface area (TPSA) is 0 Å². The Morgan fingerprint density at radius 2 is 1.75 bits per heavy atom. The van der Waals surface area contributed by atoms with Gasteiger partial charge in [0.25, 0.3) is 0 Å². The highest BCUT2D eigenvalue weighted by Gasteiger charge is 2.41. The molecule has 2 unspecified atom stereocenters. The summed E-state index contributed by atoms with van der Waals surface area (Å²) in [5, 5.41) is 0. The summed E-state index contributed by atoms with van der Waals surface area (Å²) in [5.41, 5.74) is 0. The van der Waals surface area contributed by atoms with Gasteiger partial charge in [-0.2, -0.15) is 0 Å². The van der Waals surface area contributed by atoms with Crippen molar-refractivity contribution in [3.05, 3.63) is 0 Å². The summed E-state index contributed by atoms with van der Waals surface area (Å²) in [6, 6.07) is 1.70. The maximum Gasteiger partial charge on any atom is 0.0915 e. The van der Waals surface area contributed by atoms with Gasteiger partial charge in [0, 0.05) is 18.8 Å². The van der Waals surface area contributed by atoms with E-state index >= 15 is 0 Å². The normalized spacial score (nSPS) is 36.8. The Labute approximate surface area is 77.4 Å². The quantitative estimate of drug-likeness (QED) is 0.559. The predicted octanol–water partition coefficient (Wildman–Crippen LogP) is 2.66. The lowest BCUT2D eigenvalue weighted by atomic mass is 9.99. The summed E-state index contributed by atoms with van der Waals surface area (Å²) in [4.78, 5) is 0. The fourth-order valence-electron chi connectivity index (χ4n) is 2.76. The van der Waals surface area contributed by atoms with E-state index < -0.39 is 0 Å². The van der Waals surface area contributed by atoms with Gasteiger partial charge in [0.2, 0.25) is 0 Å². The molecule has 0 aromatic rings. The van der Waals surface area contributed by atoms with Gasteiger partial charge in [0.15, 0.2) is 0 Å². The third kappa shape index (κ3) is 1.52. The van der Waals surface area contributed by atoms with E-state index in [1.807, 2.05) is 0 Å². The SMILES string of the molecule is CC(C)C1CCC[N+]1(C)C(C)C. The van der Waals surface area contributed by atoms with E-state index in [0.29, 0.717) is 0 Å². The van der Waals surface area contributed by atoms with E-state index in [9.17, 15) is 0 Å². The first kappa shape index (κ1) is 10.0. The first-order chi connectivity index (χ1) is 5.48. The van der Waals surface area contributed by atoms with E-state index in [4.69, 9.17) is 0 Å². The highest BCUT2D eigenvalue weighted by molar-refractivity contribution is 4.71. The second kappa shape index (κ2) is 3.37.